The molecule has 0 fully saturated rings. The molecule has 0 N–H and O–H groups in total. The Morgan fingerprint density at radius 1 is 0.673 bits per heavy atom. The molecular weight excluding hydrogens is 659 g/mol. The second-order valence-corrected chi connectivity index (χ2v) is 11.1. The van der Waals surface area contributed by atoms with Gasteiger partial charge in [0.1, 0.15) is 0 Å². The molecule has 0 amide bonds. The summed E-state index contributed by atoms with van der Waals surface area (Å²) in [5, 5.41) is 0. The van der Waals surface area contributed by atoms with E-state index in [2.05, 4.69) is 20.0 Å². The largest absolute Gasteiger partial charge is 2.00 e. The Morgan fingerprint density at radius 3 is 1.80 bits per heavy atom. The topological polar surface area (TPSA) is 106 Å². The number of aliphatic imine (C=N–C) groups is 2. The molecule has 0 spiro atoms. The standard InChI is InChI=1S/2C20H20N2O2.Co/c2*1-4-24-20(23)16-12-18(22-14(16)3)19(15-8-6-5-7-9-15)17-11-10-13(2)21-17;/h2*5-12H,4H2,1-3H3,(H,21,22,23);/q;;+2/p-2. The first-order valence-corrected chi connectivity index (χ1v) is 15.9. The van der Waals surface area contributed by atoms with Crippen LogP contribution >= 0.6 is 0 Å². The zero-order chi connectivity index (χ0) is 34.2. The van der Waals surface area contributed by atoms with Crippen LogP contribution in [-0.4, -0.2) is 36.6 Å². The van der Waals surface area contributed by atoms with Crippen LogP contribution in [0.4, 0.5) is 0 Å². The molecule has 0 atom stereocenters. The zero-order valence-corrected chi connectivity index (χ0v) is 29.4. The van der Waals surface area contributed by atoms with Crippen molar-refractivity contribution in [2.75, 3.05) is 13.2 Å². The van der Waals surface area contributed by atoms with Gasteiger partial charge in [0.05, 0.1) is 35.9 Å². The van der Waals surface area contributed by atoms with Crippen LogP contribution in [0, 0.1) is 13.8 Å². The summed E-state index contributed by atoms with van der Waals surface area (Å²) in [5.41, 5.74) is 11.3. The number of hydrogen-bond acceptors (Lipinski definition) is 6. The van der Waals surface area contributed by atoms with Gasteiger partial charge in [-0.1, -0.05) is 92.7 Å². The molecule has 0 saturated heterocycles. The number of carbonyl (C=O) groups excluding carboxylic acids is 2. The number of nitrogens with zero attached hydrogens (tertiary/aromatic N) is 4. The summed E-state index contributed by atoms with van der Waals surface area (Å²) in [6, 6.07) is 25.7. The van der Waals surface area contributed by atoms with Crippen molar-refractivity contribution in [1.29, 1.82) is 0 Å². The predicted molar refractivity (Wildman–Crippen MR) is 190 cm³/mol. The Balaban J connectivity index is 0.000000216. The van der Waals surface area contributed by atoms with Gasteiger partial charge in [0.25, 0.3) is 0 Å². The molecule has 2 aromatic carbocycles. The van der Waals surface area contributed by atoms with E-state index in [1.54, 1.807) is 26.0 Å². The molecule has 4 aromatic rings. The third-order valence-corrected chi connectivity index (χ3v) is 7.62. The van der Waals surface area contributed by atoms with Crippen LogP contribution < -0.4 is 9.97 Å². The first-order chi connectivity index (χ1) is 23.2. The molecule has 4 heterocycles. The van der Waals surface area contributed by atoms with E-state index in [1.165, 1.54) is 0 Å². The maximum atomic E-state index is 12.1. The third kappa shape index (κ3) is 8.62. The van der Waals surface area contributed by atoms with Crippen LogP contribution in [0.25, 0.3) is 11.1 Å². The van der Waals surface area contributed by atoms with Gasteiger partial charge in [0, 0.05) is 11.3 Å². The van der Waals surface area contributed by atoms with E-state index in [-0.39, 0.29) is 28.7 Å². The van der Waals surface area contributed by atoms with Crippen molar-refractivity contribution in [3.8, 4) is 0 Å². The third-order valence-electron chi connectivity index (χ3n) is 7.62. The first kappa shape index (κ1) is 36.6. The minimum absolute atomic E-state index is 0. The summed E-state index contributed by atoms with van der Waals surface area (Å²) in [6.07, 6.45) is 5.74. The summed E-state index contributed by atoms with van der Waals surface area (Å²) in [6.45, 7) is 11.8. The number of allylic oxidation sites excluding steroid dienone is 3. The van der Waals surface area contributed by atoms with Crippen LogP contribution in [0.15, 0.2) is 124 Å². The van der Waals surface area contributed by atoms with E-state index in [0.29, 0.717) is 35.8 Å². The maximum absolute atomic E-state index is 12.1. The number of hydrogen-bond donors (Lipinski definition) is 0. The molecule has 49 heavy (non-hydrogen) atoms. The van der Waals surface area contributed by atoms with E-state index in [4.69, 9.17) is 9.47 Å². The Bertz CT molecular complexity index is 2010. The van der Waals surface area contributed by atoms with Gasteiger partial charge in [-0.15, -0.1) is 17.1 Å². The Morgan fingerprint density at radius 2 is 1.27 bits per heavy atom. The van der Waals surface area contributed by atoms with Gasteiger partial charge in [-0.3, -0.25) is 9.98 Å². The van der Waals surface area contributed by atoms with Crippen LogP contribution in [-0.2, 0) is 31.0 Å². The van der Waals surface area contributed by atoms with E-state index < -0.39 is 0 Å². The molecule has 9 heteroatoms. The normalized spacial score (nSPS) is 15.3. The van der Waals surface area contributed by atoms with E-state index in [0.717, 1.165) is 56.5 Å². The maximum Gasteiger partial charge on any atom is 2.00 e. The molecule has 2 aliphatic rings. The van der Waals surface area contributed by atoms with Gasteiger partial charge in [-0.2, -0.15) is 5.69 Å². The van der Waals surface area contributed by atoms with Crippen molar-refractivity contribution < 1.29 is 35.8 Å². The number of benzene rings is 2. The Kier molecular flexibility index (Phi) is 12.5. The van der Waals surface area contributed by atoms with Crippen molar-refractivity contribution in [2.45, 2.75) is 41.5 Å². The smallest absolute Gasteiger partial charge is 0.661 e. The SMILES string of the molecule is CCOC(=O)C1=C/C(=C(\c2ccccc2)c2ccc(C)[n-]2)N=C1C.CCOC(=O)c1cc(/C(=C2/C=CC(C)=N2)c2ccccc2)[n-]c1C.[Co+2]. The number of carbonyl (C=O) groups is 2. The Hall–Kier alpha value is -5.25. The zero-order valence-electron chi connectivity index (χ0n) is 28.4. The molecule has 1 radical (unpaired) electrons. The molecule has 0 saturated carbocycles. The number of ether oxygens (including phenoxy) is 2. The van der Waals surface area contributed by atoms with Crippen LogP contribution in [0.1, 0.15) is 72.0 Å². The van der Waals surface area contributed by atoms with E-state index in [1.807, 2.05) is 113 Å². The number of rotatable bonds is 8. The minimum Gasteiger partial charge on any atom is -0.661 e. The van der Waals surface area contributed by atoms with Crippen molar-refractivity contribution in [3.63, 3.8) is 0 Å². The Labute approximate surface area is 297 Å². The van der Waals surface area contributed by atoms with Gasteiger partial charge in [0.15, 0.2) is 0 Å². The van der Waals surface area contributed by atoms with E-state index >= 15 is 0 Å². The number of esters is 2. The molecule has 0 bridgehead atoms. The molecule has 2 aliphatic heterocycles. The van der Waals surface area contributed by atoms with Crippen LogP contribution in [0.5, 0.6) is 0 Å². The van der Waals surface area contributed by atoms with Gasteiger partial charge in [-0.05, 0) is 68.2 Å². The van der Waals surface area contributed by atoms with Gasteiger partial charge < -0.3 is 19.4 Å². The monoisotopic (exact) mass is 697 g/mol. The fraction of sp³-hybridized carbons (Fsp3) is 0.200. The molecule has 8 nitrogen and oxygen atoms in total. The molecule has 2 aromatic heterocycles. The quantitative estimate of drug-likeness (QED) is 0.176. The van der Waals surface area contributed by atoms with Crippen molar-refractivity contribution in [1.82, 2.24) is 9.97 Å². The fourth-order valence-electron chi connectivity index (χ4n) is 5.39. The van der Waals surface area contributed by atoms with E-state index in [9.17, 15) is 9.59 Å². The second-order valence-electron chi connectivity index (χ2n) is 11.1. The molecule has 0 unspecified atom stereocenters. The van der Waals surface area contributed by atoms with Crippen molar-refractivity contribution in [3.05, 3.63) is 154 Å². The van der Waals surface area contributed by atoms with Crippen LogP contribution in [0.2, 0.25) is 0 Å². The number of aromatic nitrogens is 2. The molecular formula is C40H38CoN4O4. The molecule has 0 aliphatic carbocycles. The van der Waals surface area contributed by atoms with Crippen molar-refractivity contribution in [2.24, 2.45) is 9.98 Å². The summed E-state index contributed by atoms with van der Waals surface area (Å²) < 4.78 is 10.2. The minimum atomic E-state index is -0.340. The molecule has 6 rings (SSSR count). The average molecular weight is 698 g/mol. The summed E-state index contributed by atoms with van der Waals surface area (Å²) in [4.78, 5) is 42.6. The van der Waals surface area contributed by atoms with Crippen LogP contribution in [0.3, 0.4) is 0 Å². The average Bonchev–Trinajstić information content (AvgIpc) is 3.88. The molecule has 251 valence electrons. The van der Waals surface area contributed by atoms with Gasteiger partial charge >= 0.3 is 28.7 Å². The first-order valence-electron chi connectivity index (χ1n) is 15.9. The van der Waals surface area contributed by atoms with Gasteiger partial charge in [-0.25, -0.2) is 9.59 Å². The summed E-state index contributed by atoms with van der Waals surface area (Å²) >= 11 is 0. The summed E-state index contributed by atoms with van der Waals surface area (Å²) in [5.74, 6) is -0.680. The summed E-state index contributed by atoms with van der Waals surface area (Å²) in [7, 11) is 0. The van der Waals surface area contributed by atoms with Crippen molar-refractivity contribution >= 4 is 34.5 Å². The number of aryl methyl sites for hydroxylation is 2. The van der Waals surface area contributed by atoms with Gasteiger partial charge in [0.2, 0.25) is 0 Å². The fourth-order valence-corrected chi connectivity index (χ4v) is 5.39. The predicted octanol–water partition coefficient (Wildman–Crippen LogP) is 7.59. The second kappa shape index (κ2) is 16.7.